The Kier molecular flexibility index (Phi) is 7.21. The number of hydrogen-bond acceptors (Lipinski definition) is 3. The summed E-state index contributed by atoms with van der Waals surface area (Å²) in [5.41, 5.74) is 14.7. The van der Waals surface area contributed by atoms with E-state index in [0.29, 0.717) is 0 Å². The Hall–Kier alpha value is -6.84. The molecule has 0 saturated heterocycles. The van der Waals surface area contributed by atoms with Crippen molar-refractivity contribution in [3.63, 3.8) is 0 Å². The Morgan fingerprint density at radius 3 is 1.87 bits per heavy atom. The molecule has 10 rings (SSSR count). The maximum Gasteiger partial charge on any atom is 0.137 e. The minimum absolute atomic E-state index is 0.820. The largest absolute Gasteiger partial charge is 0.456 e. The third-order valence-electron chi connectivity index (χ3n) is 10.3. The highest BCUT2D eigenvalue weighted by molar-refractivity contribution is 6.07. The first-order valence-corrected chi connectivity index (χ1v) is 17.8. The lowest BCUT2D eigenvalue weighted by molar-refractivity contribution is 0.668. The van der Waals surface area contributed by atoms with Crippen molar-refractivity contribution in [2.75, 3.05) is 4.90 Å². The number of furan rings is 1. The van der Waals surface area contributed by atoms with Crippen LogP contribution in [0.15, 0.2) is 187 Å². The van der Waals surface area contributed by atoms with Gasteiger partial charge in [0.25, 0.3) is 0 Å². The van der Waals surface area contributed by atoms with Crippen LogP contribution in [0.5, 0.6) is 0 Å². The zero-order chi connectivity index (χ0) is 34.4. The molecule has 1 N–H and O–H groups in total. The predicted octanol–water partition coefficient (Wildman–Crippen LogP) is 13.3. The fourth-order valence-corrected chi connectivity index (χ4v) is 7.74. The van der Waals surface area contributed by atoms with E-state index in [2.05, 4.69) is 192 Å². The van der Waals surface area contributed by atoms with Gasteiger partial charge in [-0.1, -0.05) is 121 Å². The van der Waals surface area contributed by atoms with E-state index in [1.54, 1.807) is 0 Å². The van der Waals surface area contributed by atoms with Crippen LogP contribution < -0.4 is 10.2 Å². The molecule has 0 bridgehead atoms. The molecular weight excluding hydrogens is 633 g/mol. The zero-order valence-electron chi connectivity index (χ0n) is 28.5. The summed E-state index contributed by atoms with van der Waals surface area (Å²) in [6.45, 7) is 0.820. The van der Waals surface area contributed by atoms with E-state index < -0.39 is 0 Å². The van der Waals surface area contributed by atoms with Crippen LogP contribution in [0.2, 0.25) is 0 Å². The van der Waals surface area contributed by atoms with Crippen LogP contribution in [-0.2, 0) is 6.54 Å². The molecule has 3 heteroatoms. The van der Waals surface area contributed by atoms with E-state index in [1.165, 1.54) is 55.3 Å². The highest BCUT2D eigenvalue weighted by Gasteiger charge is 2.19. The van der Waals surface area contributed by atoms with Gasteiger partial charge in [-0.25, -0.2) is 0 Å². The molecule has 2 heterocycles. The highest BCUT2D eigenvalue weighted by atomic mass is 16.3. The summed E-state index contributed by atoms with van der Waals surface area (Å²) in [5.74, 6) is 0. The van der Waals surface area contributed by atoms with Crippen molar-refractivity contribution in [2.24, 2.45) is 0 Å². The summed E-state index contributed by atoms with van der Waals surface area (Å²) in [7, 11) is 0. The molecule has 1 aromatic heterocycles. The summed E-state index contributed by atoms with van der Waals surface area (Å²) >= 11 is 0. The number of hydrogen-bond donors (Lipinski definition) is 1. The maximum atomic E-state index is 6.55. The molecule has 0 spiro atoms. The molecule has 0 amide bonds. The first-order chi connectivity index (χ1) is 25.8. The summed E-state index contributed by atoms with van der Waals surface area (Å²) in [6.07, 6.45) is 4.12. The van der Waals surface area contributed by atoms with E-state index in [-0.39, 0.29) is 0 Å². The minimum Gasteiger partial charge on any atom is -0.456 e. The van der Waals surface area contributed by atoms with Crippen molar-refractivity contribution < 1.29 is 4.42 Å². The number of nitrogens with zero attached hydrogens (tertiary/aromatic N) is 1. The lowest BCUT2D eigenvalue weighted by atomic mass is 9.89. The van der Waals surface area contributed by atoms with Crippen LogP contribution in [-0.4, -0.2) is 0 Å². The molecule has 8 aromatic carbocycles. The van der Waals surface area contributed by atoms with Gasteiger partial charge >= 0.3 is 0 Å². The SMILES string of the molecule is C1=Cc2cc3oc4cc(N(c5ccc(-c6ccccc6)cc5)c5ccc(-c6c(-c7ccccc7)ccc7ccccc67)cc5)ccc4c3cc2CN1. The Balaban J connectivity index is 1.11. The molecule has 0 fully saturated rings. The zero-order valence-corrected chi connectivity index (χ0v) is 28.5. The van der Waals surface area contributed by atoms with Crippen molar-refractivity contribution in [3.8, 4) is 33.4 Å². The summed E-state index contributed by atoms with van der Waals surface area (Å²) < 4.78 is 6.55. The van der Waals surface area contributed by atoms with E-state index in [4.69, 9.17) is 4.42 Å². The number of fused-ring (bicyclic) bond motifs is 5. The van der Waals surface area contributed by atoms with Crippen molar-refractivity contribution >= 4 is 55.8 Å². The van der Waals surface area contributed by atoms with E-state index in [1.807, 2.05) is 6.20 Å². The van der Waals surface area contributed by atoms with Gasteiger partial charge < -0.3 is 14.6 Å². The van der Waals surface area contributed by atoms with Gasteiger partial charge in [0.05, 0.1) is 0 Å². The number of anilines is 3. The molecule has 9 aromatic rings. The normalized spacial score (nSPS) is 12.2. The Morgan fingerprint density at radius 2 is 1.10 bits per heavy atom. The molecule has 246 valence electrons. The average molecular weight is 667 g/mol. The van der Waals surface area contributed by atoms with Gasteiger partial charge in [-0.2, -0.15) is 0 Å². The monoisotopic (exact) mass is 666 g/mol. The van der Waals surface area contributed by atoms with Gasteiger partial charge in [-0.05, 0) is 116 Å². The summed E-state index contributed by atoms with van der Waals surface area (Å²) in [5, 5.41) is 8.07. The number of rotatable bonds is 6. The van der Waals surface area contributed by atoms with Crippen molar-refractivity contribution in [2.45, 2.75) is 6.54 Å². The van der Waals surface area contributed by atoms with Gasteiger partial charge in [0.15, 0.2) is 0 Å². The van der Waals surface area contributed by atoms with E-state index >= 15 is 0 Å². The Bertz CT molecular complexity index is 2760. The fraction of sp³-hybridized carbons (Fsp3) is 0.0204. The highest BCUT2D eigenvalue weighted by Crippen LogP contribution is 2.42. The van der Waals surface area contributed by atoms with Gasteiger partial charge in [-0.3, -0.25) is 0 Å². The molecule has 0 atom stereocenters. The van der Waals surface area contributed by atoms with Crippen molar-refractivity contribution in [1.82, 2.24) is 5.32 Å². The van der Waals surface area contributed by atoms with Crippen molar-refractivity contribution in [1.29, 1.82) is 0 Å². The van der Waals surface area contributed by atoms with Gasteiger partial charge in [0.2, 0.25) is 0 Å². The van der Waals surface area contributed by atoms with Crippen LogP contribution in [0, 0.1) is 0 Å². The standard InChI is InChI=1S/C49H34N2O/c1-3-9-33(10-4-1)34-15-20-40(21-16-34)51(42-24-26-45-46-29-39-32-50-28-27-38(39)30-47(46)52-48(45)31-42)41-22-17-37(18-23-41)49-43-14-8-7-13-36(43)19-25-44(49)35-11-5-2-6-12-35/h1-31,50H,32H2. The topological polar surface area (TPSA) is 28.4 Å². The minimum atomic E-state index is 0.820. The first kappa shape index (κ1) is 30.0. The van der Waals surface area contributed by atoms with Gasteiger partial charge in [0.1, 0.15) is 11.2 Å². The summed E-state index contributed by atoms with van der Waals surface area (Å²) in [6, 6.07) is 63.3. The second kappa shape index (κ2) is 12.5. The van der Waals surface area contributed by atoms with E-state index in [0.717, 1.165) is 45.5 Å². The Labute approximate surface area is 302 Å². The lowest BCUT2D eigenvalue weighted by Crippen LogP contribution is -2.10. The molecule has 0 radical (unpaired) electrons. The second-order valence-corrected chi connectivity index (χ2v) is 13.4. The third kappa shape index (κ3) is 5.23. The van der Waals surface area contributed by atoms with Crippen LogP contribution in [0.3, 0.4) is 0 Å². The fourth-order valence-electron chi connectivity index (χ4n) is 7.74. The molecule has 0 saturated carbocycles. The third-order valence-corrected chi connectivity index (χ3v) is 10.3. The van der Waals surface area contributed by atoms with Gasteiger partial charge in [0, 0.05) is 40.4 Å². The van der Waals surface area contributed by atoms with Crippen LogP contribution in [0.25, 0.3) is 72.2 Å². The maximum absolute atomic E-state index is 6.55. The molecular formula is C49H34N2O. The first-order valence-electron chi connectivity index (χ1n) is 17.8. The van der Waals surface area contributed by atoms with Crippen molar-refractivity contribution in [3.05, 3.63) is 193 Å². The predicted molar refractivity (Wildman–Crippen MR) is 218 cm³/mol. The van der Waals surface area contributed by atoms with Crippen LogP contribution in [0.1, 0.15) is 11.1 Å². The molecule has 1 aliphatic rings. The molecule has 3 nitrogen and oxygen atoms in total. The summed E-state index contributed by atoms with van der Waals surface area (Å²) in [4.78, 5) is 2.32. The Morgan fingerprint density at radius 1 is 0.462 bits per heavy atom. The second-order valence-electron chi connectivity index (χ2n) is 13.4. The quantitative estimate of drug-likeness (QED) is 0.191. The van der Waals surface area contributed by atoms with E-state index in [9.17, 15) is 0 Å². The van der Waals surface area contributed by atoms with Crippen LogP contribution in [0.4, 0.5) is 17.1 Å². The van der Waals surface area contributed by atoms with Gasteiger partial charge in [-0.15, -0.1) is 0 Å². The molecule has 52 heavy (non-hydrogen) atoms. The molecule has 1 aliphatic heterocycles. The van der Waals surface area contributed by atoms with Crippen LogP contribution >= 0.6 is 0 Å². The molecule has 0 aliphatic carbocycles. The average Bonchev–Trinajstić information content (AvgIpc) is 3.57. The molecule has 0 unspecified atom stereocenters. The lowest BCUT2D eigenvalue weighted by Gasteiger charge is -2.26. The number of benzene rings is 8. The number of nitrogens with one attached hydrogen (secondary N) is 1. The smallest absolute Gasteiger partial charge is 0.137 e.